The standard InChI is InChI=1S/C17H18BrCl2N/c1-2-9-21-17(14-5-3-4-6-15(14)18)11-12-10-13(19)7-8-16(12)20/h3-8,10,17,21H,2,9,11H2,1H3. The minimum absolute atomic E-state index is 0.205. The second-order valence-electron chi connectivity index (χ2n) is 4.97. The summed E-state index contributed by atoms with van der Waals surface area (Å²) in [6.45, 7) is 3.13. The molecule has 0 radical (unpaired) electrons. The van der Waals surface area contributed by atoms with E-state index in [1.54, 1.807) is 0 Å². The van der Waals surface area contributed by atoms with Crippen LogP contribution in [0.25, 0.3) is 0 Å². The van der Waals surface area contributed by atoms with Crippen LogP contribution in [0.3, 0.4) is 0 Å². The normalized spacial score (nSPS) is 12.4. The van der Waals surface area contributed by atoms with E-state index in [-0.39, 0.29) is 6.04 Å². The molecule has 0 aromatic heterocycles. The fourth-order valence-corrected chi connectivity index (χ4v) is 3.24. The third-order valence-corrected chi connectivity index (χ3v) is 4.68. The monoisotopic (exact) mass is 385 g/mol. The van der Waals surface area contributed by atoms with E-state index in [4.69, 9.17) is 23.2 Å². The summed E-state index contributed by atoms with van der Waals surface area (Å²) in [6.07, 6.45) is 1.90. The summed E-state index contributed by atoms with van der Waals surface area (Å²) in [6, 6.07) is 14.1. The molecule has 0 aliphatic rings. The van der Waals surface area contributed by atoms with Gasteiger partial charge in [-0.2, -0.15) is 0 Å². The van der Waals surface area contributed by atoms with Crippen molar-refractivity contribution in [3.05, 3.63) is 68.1 Å². The first-order valence-corrected chi connectivity index (χ1v) is 8.58. The van der Waals surface area contributed by atoms with Crippen molar-refractivity contribution in [3.8, 4) is 0 Å². The fraction of sp³-hybridized carbons (Fsp3) is 0.294. The van der Waals surface area contributed by atoms with Gasteiger partial charge in [-0.3, -0.25) is 0 Å². The Morgan fingerprint density at radius 3 is 2.62 bits per heavy atom. The predicted molar refractivity (Wildman–Crippen MR) is 95.3 cm³/mol. The summed E-state index contributed by atoms with van der Waals surface area (Å²) in [5.41, 5.74) is 2.30. The highest BCUT2D eigenvalue weighted by Crippen LogP contribution is 2.29. The smallest absolute Gasteiger partial charge is 0.0439 e. The Morgan fingerprint density at radius 2 is 1.90 bits per heavy atom. The van der Waals surface area contributed by atoms with E-state index in [1.807, 2.05) is 24.3 Å². The molecule has 1 N–H and O–H groups in total. The van der Waals surface area contributed by atoms with E-state index in [0.29, 0.717) is 0 Å². The Labute approximate surface area is 144 Å². The molecule has 0 saturated carbocycles. The zero-order valence-electron chi connectivity index (χ0n) is 11.9. The van der Waals surface area contributed by atoms with Crippen LogP contribution in [0.15, 0.2) is 46.9 Å². The van der Waals surface area contributed by atoms with E-state index in [1.165, 1.54) is 5.56 Å². The number of benzene rings is 2. The molecule has 1 unspecified atom stereocenters. The van der Waals surface area contributed by atoms with Crippen LogP contribution >= 0.6 is 39.1 Å². The lowest BCUT2D eigenvalue weighted by molar-refractivity contribution is 0.527. The van der Waals surface area contributed by atoms with Crippen molar-refractivity contribution in [2.45, 2.75) is 25.8 Å². The van der Waals surface area contributed by atoms with Crippen molar-refractivity contribution >= 4 is 39.1 Å². The second kappa shape index (κ2) is 8.19. The number of hydrogen-bond donors (Lipinski definition) is 1. The molecule has 0 saturated heterocycles. The maximum Gasteiger partial charge on any atom is 0.0439 e. The molecule has 0 bridgehead atoms. The van der Waals surface area contributed by atoms with Crippen molar-refractivity contribution in [2.24, 2.45) is 0 Å². The average molecular weight is 387 g/mol. The Bertz CT molecular complexity index is 601. The summed E-state index contributed by atoms with van der Waals surface area (Å²) in [4.78, 5) is 0. The van der Waals surface area contributed by atoms with Gasteiger partial charge in [0, 0.05) is 20.6 Å². The third kappa shape index (κ3) is 4.72. The number of halogens is 3. The van der Waals surface area contributed by atoms with Crippen LogP contribution in [-0.2, 0) is 6.42 Å². The highest BCUT2D eigenvalue weighted by Gasteiger charge is 2.16. The SMILES string of the molecule is CCCNC(Cc1cc(Cl)ccc1Cl)c1ccccc1Br. The van der Waals surface area contributed by atoms with Gasteiger partial charge >= 0.3 is 0 Å². The zero-order chi connectivity index (χ0) is 15.2. The number of rotatable bonds is 6. The minimum Gasteiger partial charge on any atom is -0.310 e. The van der Waals surface area contributed by atoms with Gasteiger partial charge in [0.15, 0.2) is 0 Å². The molecule has 2 rings (SSSR count). The molecule has 1 atom stereocenters. The lowest BCUT2D eigenvalue weighted by atomic mass is 9.98. The summed E-state index contributed by atoms with van der Waals surface area (Å²) < 4.78 is 1.11. The van der Waals surface area contributed by atoms with Gasteiger partial charge in [0.1, 0.15) is 0 Å². The van der Waals surface area contributed by atoms with Gasteiger partial charge in [0.2, 0.25) is 0 Å². The van der Waals surface area contributed by atoms with Crippen molar-refractivity contribution in [2.75, 3.05) is 6.54 Å². The molecule has 2 aromatic carbocycles. The van der Waals surface area contributed by atoms with E-state index in [0.717, 1.165) is 39.5 Å². The molecule has 0 fully saturated rings. The average Bonchev–Trinajstić information content (AvgIpc) is 2.48. The lowest BCUT2D eigenvalue weighted by Crippen LogP contribution is -2.24. The Balaban J connectivity index is 2.28. The minimum atomic E-state index is 0.205. The van der Waals surface area contributed by atoms with Gasteiger partial charge in [0.05, 0.1) is 0 Å². The number of nitrogens with one attached hydrogen (secondary N) is 1. The lowest BCUT2D eigenvalue weighted by Gasteiger charge is -2.21. The molecule has 4 heteroatoms. The first-order valence-electron chi connectivity index (χ1n) is 7.03. The van der Waals surface area contributed by atoms with Crippen molar-refractivity contribution in [1.29, 1.82) is 0 Å². The largest absolute Gasteiger partial charge is 0.310 e. The van der Waals surface area contributed by atoms with Gasteiger partial charge in [-0.1, -0.05) is 64.3 Å². The van der Waals surface area contributed by atoms with Crippen LogP contribution in [-0.4, -0.2) is 6.54 Å². The molecular weight excluding hydrogens is 369 g/mol. The van der Waals surface area contributed by atoms with Gasteiger partial charge in [-0.15, -0.1) is 0 Å². The fourth-order valence-electron chi connectivity index (χ4n) is 2.29. The summed E-state index contributed by atoms with van der Waals surface area (Å²) in [5.74, 6) is 0. The molecule has 0 aliphatic carbocycles. The highest BCUT2D eigenvalue weighted by atomic mass is 79.9. The molecule has 21 heavy (non-hydrogen) atoms. The van der Waals surface area contributed by atoms with Crippen molar-refractivity contribution < 1.29 is 0 Å². The topological polar surface area (TPSA) is 12.0 Å². The van der Waals surface area contributed by atoms with Gasteiger partial charge < -0.3 is 5.32 Å². The molecule has 112 valence electrons. The van der Waals surface area contributed by atoms with E-state index in [9.17, 15) is 0 Å². The van der Waals surface area contributed by atoms with E-state index >= 15 is 0 Å². The maximum absolute atomic E-state index is 6.30. The quantitative estimate of drug-likeness (QED) is 0.638. The van der Waals surface area contributed by atoms with Crippen LogP contribution in [0, 0.1) is 0 Å². The summed E-state index contributed by atoms with van der Waals surface area (Å²) >= 11 is 16.0. The highest BCUT2D eigenvalue weighted by molar-refractivity contribution is 9.10. The Morgan fingerprint density at radius 1 is 1.14 bits per heavy atom. The van der Waals surface area contributed by atoms with Crippen molar-refractivity contribution in [3.63, 3.8) is 0 Å². The van der Waals surface area contributed by atoms with Crippen LogP contribution in [0.2, 0.25) is 10.0 Å². The van der Waals surface area contributed by atoms with Crippen LogP contribution in [0.5, 0.6) is 0 Å². The van der Waals surface area contributed by atoms with Gasteiger partial charge in [-0.05, 0) is 54.8 Å². The molecule has 0 amide bonds. The van der Waals surface area contributed by atoms with Crippen LogP contribution in [0.1, 0.15) is 30.5 Å². The first kappa shape index (κ1) is 16.8. The number of hydrogen-bond acceptors (Lipinski definition) is 1. The molecule has 0 aliphatic heterocycles. The predicted octanol–water partition coefficient (Wildman–Crippen LogP) is 6.04. The molecular formula is C17H18BrCl2N. The third-order valence-electron chi connectivity index (χ3n) is 3.35. The molecule has 0 spiro atoms. The molecule has 1 nitrogen and oxygen atoms in total. The van der Waals surface area contributed by atoms with Crippen molar-refractivity contribution in [1.82, 2.24) is 5.32 Å². The Kier molecular flexibility index (Phi) is 6.56. The first-order chi connectivity index (χ1) is 10.1. The second-order valence-corrected chi connectivity index (χ2v) is 6.67. The molecule has 0 heterocycles. The molecule has 2 aromatic rings. The van der Waals surface area contributed by atoms with E-state index in [2.05, 4.69) is 46.4 Å². The van der Waals surface area contributed by atoms with Crippen LogP contribution < -0.4 is 5.32 Å². The van der Waals surface area contributed by atoms with E-state index < -0.39 is 0 Å². The summed E-state index contributed by atoms with van der Waals surface area (Å²) in [5, 5.41) is 5.07. The van der Waals surface area contributed by atoms with Crippen LogP contribution in [0.4, 0.5) is 0 Å². The summed E-state index contributed by atoms with van der Waals surface area (Å²) in [7, 11) is 0. The van der Waals surface area contributed by atoms with Gasteiger partial charge in [0.25, 0.3) is 0 Å². The zero-order valence-corrected chi connectivity index (χ0v) is 15.0. The maximum atomic E-state index is 6.30. The Hall–Kier alpha value is -0.540. The van der Waals surface area contributed by atoms with Gasteiger partial charge in [-0.25, -0.2) is 0 Å².